The summed E-state index contributed by atoms with van der Waals surface area (Å²) in [6, 6.07) is -0.0610. The molecule has 0 radical (unpaired) electrons. The number of hydrogen-bond acceptors (Lipinski definition) is 3. The summed E-state index contributed by atoms with van der Waals surface area (Å²) in [6.07, 6.45) is 2.66. The third-order valence-corrected chi connectivity index (χ3v) is 4.08. The second kappa shape index (κ2) is 5.69. The lowest BCUT2D eigenvalue weighted by atomic mass is 9.89. The molecule has 5 nitrogen and oxygen atoms in total. The number of hydrogen-bond donors (Lipinski definition) is 2. The SMILES string of the molecule is CCC1C(=O)NCCN1C(=O)C1CCCNC1C. The van der Waals surface area contributed by atoms with Crippen molar-refractivity contribution in [2.75, 3.05) is 19.6 Å². The van der Waals surface area contributed by atoms with Crippen LogP contribution in [0.4, 0.5) is 0 Å². The summed E-state index contributed by atoms with van der Waals surface area (Å²) in [7, 11) is 0. The molecule has 2 saturated heterocycles. The zero-order chi connectivity index (χ0) is 13.1. The maximum absolute atomic E-state index is 12.6. The molecule has 2 rings (SSSR count). The van der Waals surface area contributed by atoms with Crippen LogP contribution in [0.25, 0.3) is 0 Å². The van der Waals surface area contributed by atoms with Crippen LogP contribution in [0.5, 0.6) is 0 Å². The van der Waals surface area contributed by atoms with E-state index in [9.17, 15) is 9.59 Å². The molecule has 0 spiro atoms. The van der Waals surface area contributed by atoms with Crippen LogP contribution in [0.1, 0.15) is 33.1 Å². The minimum Gasteiger partial charge on any atom is -0.353 e. The normalized spacial score (nSPS) is 33.1. The molecule has 3 atom stereocenters. The van der Waals surface area contributed by atoms with Crippen LogP contribution in [0, 0.1) is 5.92 Å². The van der Waals surface area contributed by atoms with Crippen LogP contribution in [-0.4, -0.2) is 48.4 Å². The molecule has 18 heavy (non-hydrogen) atoms. The zero-order valence-electron chi connectivity index (χ0n) is 11.2. The predicted octanol–water partition coefficient (Wildman–Crippen LogP) is 0.112. The molecule has 2 aliphatic rings. The Morgan fingerprint density at radius 2 is 2.22 bits per heavy atom. The summed E-state index contributed by atoms with van der Waals surface area (Å²) >= 11 is 0. The van der Waals surface area contributed by atoms with E-state index < -0.39 is 0 Å². The number of carbonyl (C=O) groups is 2. The molecule has 0 saturated carbocycles. The van der Waals surface area contributed by atoms with Crippen molar-refractivity contribution in [3.63, 3.8) is 0 Å². The predicted molar refractivity (Wildman–Crippen MR) is 69.0 cm³/mol. The van der Waals surface area contributed by atoms with Gasteiger partial charge in [0, 0.05) is 19.1 Å². The minimum atomic E-state index is -0.277. The number of nitrogens with zero attached hydrogens (tertiary/aromatic N) is 1. The van der Waals surface area contributed by atoms with Gasteiger partial charge in [-0.3, -0.25) is 9.59 Å². The number of piperidine rings is 1. The van der Waals surface area contributed by atoms with Crippen LogP contribution in [0.15, 0.2) is 0 Å². The summed E-state index contributed by atoms with van der Waals surface area (Å²) in [4.78, 5) is 26.2. The van der Waals surface area contributed by atoms with Gasteiger partial charge in [0.15, 0.2) is 0 Å². The molecule has 0 aromatic carbocycles. The summed E-state index contributed by atoms with van der Waals surface area (Å²) in [5.74, 6) is 0.170. The van der Waals surface area contributed by atoms with Gasteiger partial charge in [0.2, 0.25) is 11.8 Å². The van der Waals surface area contributed by atoms with Crippen LogP contribution >= 0.6 is 0 Å². The number of piperazine rings is 1. The van der Waals surface area contributed by atoms with Gasteiger partial charge in [-0.2, -0.15) is 0 Å². The molecular formula is C13H23N3O2. The first-order valence-electron chi connectivity index (χ1n) is 6.96. The molecule has 0 aliphatic carbocycles. The highest BCUT2D eigenvalue weighted by Crippen LogP contribution is 2.21. The highest BCUT2D eigenvalue weighted by Gasteiger charge is 2.37. The van der Waals surface area contributed by atoms with Crippen LogP contribution in [0.2, 0.25) is 0 Å². The van der Waals surface area contributed by atoms with Gasteiger partial charge in [0.05, 0.1) is 5.92 Å². The van der Waals surface area contributed by atoms with Crippen molar-refractivity contribution in [2.24, 2.45) is 5.92 Å². The number of carbonyl (C=O) groups excluding carboxylic acids is 2. The van der Waals surface area contributed by atoms with E-state index >= 15 is 0 Å². The molecule has 2 heterocycles. The first-order chi connectivity index (χ1) is 8.65. The topological polar surface area (TPSA) is 61.4 Å². The lowest BCUT2D eigenvalue weighted by Gasteiger charge is -2.39. The van der Waals surface area contributed by atoms with E-state index in [1.807, 2.05) is 6.92 Å². The standard InChI is InChI=1S/C13H23N3O2/c1-3-11-12(17)15-7-8-16(11)13(18)10-5-4-6-14-9(10)2/h9-11,14H,3-8H2,1-2H3,(H,15,17). The highest BCUT2D eigenvalue weighted by atomic mass is 16.2. The van der Waals surface area contributed by atoms with Crippen molar-refractivity contribution in [1.82, 2.24) is 15.5 Å². The van der Waals surface area contributed by atoms with E-state index in [1.54, 1.807) is 4.90 Å². The van der Waals surface area contributed by atoms with Gasteiger partial charge in [0.25, 0.3) is 0 Å². The second-order valence-electron chi connectivity index (χ2n) is 5.24. The lowest BCUT2D eigenvalue weighted by molar-refractivity contribution is -0.147. The van der Waals surface area contributed by atoms with Gasteiger partial charge in [0.1, 0.15) is 6.04 Å². The molecule has 2 N–H and O–H groups in total. The number of rotatable bonds is 2. The fourth-order valence-electron chi connectivity index (χ4n) is 2.98. The van der Waals surface area contributed by atoms with Crippen molar-refractivity contribution < 1.29 is 9.59 Å². The maximum Gasteiger partial charge on any atom is 0.242 e. The van der Waals surface area contributed by atoms with Gasteiger partial charge in [-0.15, -0.1) is 0 Å². The highest BCUT2D eigenvalue weighted by molar-refractivity contribution is 5.89. The molecule has 0 aromatic heterocycles. The van der Waals surface area contributed by atoms with E-state index in [1.165, 1.54) is 0 Å². The summed E-state index contributed by atoms with van der Waals surface area (Å²) < 4.78 is 0. The lowest BCUT2D eigenvalue weighted by Crippen LogP contribution is -2.60. The van der Waals surface area contributed by atoms with Crippen LogP contribution < -0.4 is 10.6 Å². The molecule has 2 fully saturated rings. The van der Waals surface area contributed by atoms with Gasteiger partial charge in [-0.05, 0) is 32.7 Å². The molecule has 0 bridgehead atoms. The Kier molecular flexibility index (Phi) is 4.22. The van der Waals surface area contributed by atoms with Crippen LogP contribution in [0.3, 0.4) is 0 Å². The number of nitrogens with one attached hydrogen (secondary N) is 2. The molecule has 5 heteroatoms. The molecule has 102 valence electrons. The van der Waals surface area contributed by atoms with Gasteiger partial charge in [-0.1, -0.05) is 6.92 Å². The molecule has 3 unspecified atom stereocenters. The first kappa shape index (κ1) is 13.3. The summed E-state index contributed by atoms with van der Waals surface area (Å²) in [6.45, 7) is 6.23. The van der Waals surface area contributed by atoms with E-state index in [0.29, 0.717) is 19.5 Å². The Balaban J connectivity index is 2.08. The van der Waals surface area contributed by atoms with Crippen molar-refractivity contribution in [1.29, 1.82) is 0 Å². The first-order valence-corrected chi connectivity index (χ1v) is 6.96. The molecule has 2 aliphatic heterocycles. The average molecular weight is 253 g/mol. The molecule has 2 amide bonds. The Labute approximate surface area is 108 Å². The van der Waals surface area contributed by atoms with Crippen molar-refractivity contribution in [3.8, 4) is 0 Å². The Morgan fingerprint density at radius 1 is 1.44 bits per heavy atom. The molecular weight excluding hydrogens is 230 g/mol. The number of amides is 2. The van der Waals surface area contributed by atoms with E-state index in [2.05, 4.69) is 17.6 Å². The van der Waals surface area contributed by atoms with Crippen molar-refractivity contribution in [2.45, 2.75) is 45.2 Å². The van der Waals surface area contributed by atoms with E-state index in [-0.39, 0.29) is 29.8 Å². The third kappa shape index (κ3) is 2.51. The fraction of sp³-hybridized carbons (Fsp3) is 0.846. The zero-order valence-corrected chi connectivity index (χ0v) is 11.2. The summed E-state index contributed by atoms with van der Waals surface area (Å²) in [5.41, 5.74) is 0. The summed E-state index contributed by atoms with van der Waals surface area (Å²) in [5, 5.41) is 6.18. The van der Waals surface area contributed by atoms with Gasteiger partial charge in [-0.25, -0.2) is 0 Å². The van der Waals surface area contributed by atoms with Crippen molar-refractivity contribution >= 4 is 11.8 Å². The molecule has 0 aromatic rings. The smallest absolute Gasteiger partial charge is 0.242 e. The van der Waals surface area contributed by atoms with Gasteiger partial charge >= 0.3 is 0 Å². The second-order valence-corrected chi connectivity index (χ2v) is 5.24. The Morgan fingerprint density at radius 3 is 2.89 bits per heavy atom. The Bertz CT molecular complexity index is 332. The largest absolute Gasteiger partial charge is 0.353 e. The van der Waals surface area contributed by atoms with Crippen LogP contribution in [-0.2, 0) is 9.59 Å². The van der Waals surface area contributed by atoms with E-state index in [4.69, 9.17) is 0 Å². The third-order valence-electron chi connectivity index (χ3n) is 4.08. The Hall–Kier alpha value is -1.10. The van der Waals surface area contributed by atoms with Crippen molar-refractivity contribution in [3.05, 3.63) is 0 Å². The van der Waals surface area contributed by atoms with E-state index in [0.717, 1.165) is 19.4 Å². The quantitative estimate of drug-likeness (QED) is 0.734. The maximum atomic E-state index is 12.6. The average Bonchev–Trinajstić information content (AvgIpc) is 2.38. The monoisotopic (exact) mass is 253 g/mol. The fourth-order valence-corrected chi connectivity index (χ4v) is 2.98. The van der Waals surface area contributed by atoms with Gasteiger partial charge < -0.3 is 15.5 Å². The minimum absolute atomic E-state index is 0.00600.